The van der Waals surface area contributed by atoms with Gasteiger partial charge in [0.15, 0.2) is 12.1 Å². The number of hydrogen-bond donors (Lipinski definition) is 1. The number of fused-ring (bicyclic) bond motifs is 1. The molecule has 0 amide bonds. The van der Waals surface area contributed by atoms with Gasteiger partial charge in [0, 0.05) is 0 Å². The van der Waals surface area contributed by atoms with Gasteiger partial charge in [-0.3, -0.25) is 9.80 Å². The largest absolute Gasteiger partial charge is 0.455 e. The van der Waals surface area contributed by atoms with Crippen LogP contribution < -0.4 is 10.4 Å². The average Bonchev–Trinajstić information content (AvgIpc) is 3.47. The van der Waals surface area contributed by atoms with Crippen LogP contribution in [0.15, 0.2) is 152 Å². The first-order valence-electron chi connectivity index (χ1n) is 16.7. The molecule has 2 fully saturated rings. The summed E-state index contributed by atoms with van der Waals surface area (Å²) in [5.41, 5.74) is 8.26. The summed E-state index contributed by atoms with van der Waals surface area (Å²) in [5.74, 6) is -0.423. The highest BCUT2D eigenvalue weighted by Gasteiger charge is 2.58. The number of esters is 1. The molecule has 5 aromatic carbocycles. The van der Waals surface area contributed by atoms with Crippen LogP contribution in [0.25, 0.3) is 0 Å². The molecule has 0 spiro atoms. The van der Waals surface area contributed by atoms with E-state index in [0.29, 0.717) is 19.8 Å². The Kier molecular flexibility index (Phi) is 10.7. The molecule has 2 saturated heterocycles. The number of nitrogens with zero attached hydrogens (tertiary/aromatic N) is 1. The van der Waals surface area contributed by atoms with Gasteiger partial charge in [-0.05, 0) is 41.0 Å². The molecule has 0 saturated carbocycles. The summed E-state index contributed by atoms with van der Waals surface area (Å²) in [4.78, 5) is 13.8. The van der Waals surface area contributed by atoms with Crippen LogP contribution in [0, 0.1) is 0 Å². The molecule has 0 aliphatic carbocycles. The third-order valence-corrected chi connectivity index (χ3v) is 8.77. The lowest BCUT2D eigenvalue weighted by atomic mass is 9.92. The molecule has 0 aromatic heterocycles. The first-order valence-corrected chi connectivity index (χ1v) is 16.7. The zero-order valence-electron chi connectivity index (χ0n) is 27.1. The van der Waals surface area contributed by atoms with E-state index >= 15 is 0 Å². The van der Waals surface area contributed by atoms with E-state index in [0.717, 1.165) is 28.1 Å². The number of carbonyl (C=O) groups is 1. The second kappa shape index (κ2) is 16.0. The van der Waals surface area contributed by atoms with Crippen molar-refractivity contribution in [1.29, 1.82) is 0 Å². The van der Waals surface area contributed by atoms with E-state index in [-0.39, 0.29) is 6.61 Å². The number of anilines is 2. The summed E-state index contributed by atoms with van der Waals surface area (Å²) < 4.78 is 32.5. The minimum Gasteiger partial charge on any atom is -0.455 e. The van der Waals surface area contributed by atoms with E-state index in [9.17, 15) is 4.79 Å². The quantitative estimate of drug-likeness (QED) is 0.104. The van der Waals surface area contributed by atoms with Crippen molar-refractivity contribution in [3.63, 3.8) is 0 Å². The summed E-state index contributed by atoms with van der Waals surface area (Å²) in [6.07, 6.45) is -3.20. The highest BCUT2D eigenvalue weighted by Crippen LogP contribution is 2.36. The highest BCUT2D eigenvalue weighted by atomic mass is 16.6. The Labute approximate surface area is 287 Å². The molecular weight excluding hydrogens is 616 g/mol. The van der Waals surface area contributed by atoms with Crippen LogP contribution in [0.4, 0.5) is 11.4 Å². The fourth-order valence-corrected chi connectivity index (χ4v) is 6.33. The summed E-state index contributed by atoms with van der Waals surface area (Å²) in [5, 5.41) is 1.90. The third-order valence-electron chi connectivity index (χ3n) is 8.77. The average molecular weight is 657 g/mol. The molecular formula is C41H40N2O6. The van der Waals surface area contributed by atoms with Crippen molar-refractivity contribution < 1.29 is 28.5 Å². The SMILES string of the molecule is O=C1O[C@H]2[C@@H](OCc3ccccc3)[C@H](OCc3ccccc3)[C@@H](COCc3ccccc3)O[C@H]2[C@@H]1NN(c1ccccc1)c1ccccc1. The van der Waals surface area contributed by atoms with Crippen LogP contribution in [0.1, 0.15) is 16.7 Å². The minimum atomic E-state index is -0.833. The molecule has 2 aliphatic heterocycles. The zero-order chi connectivity index (χ0) is 33.3. The zero-order valence-corrected chi connectivity index (χ0v) is 27.1. The minimum absolute atomic E-state index is 0.227. The molecule has 8 heteroatoms. The van der Waals surface area contributed by atoms with E-state index in [2.05, 4.69) is 5.43 Å². The van der Waals surface area contributed by atoms with Crippen molar-refractivity contribution in [3.8, 4) is 0 Å². The number of hydrogen-bond acceptors (Lipinski definition) is 8. The number of nitrogens with one attached hydrogen (secondary N) is 1. The van der Waals surface area contributed by atoms with Gasteiger partial charge >= 0.3 is 5.97 Å². The lowest BCUT2D eigenvalue weighted by Crippen LogP contribution is -2.63. The Morgan fingerprint density at radius 1 is 0.551 bits per heavy atom. The Morgan fingerprint density at radius 2 is 1.00 bits per heavy atom. The molecule has 6 atom stereocenters. The van der Waals surface area contributed by atoms with E-state index in [1.165, 1.54) is 0 Å². The van der Waals surface area contributed by atoms with Gasteiger partial charge in [-0.1, -0.05) is 127 Å². The highest BCUT2D eigenvalue weighted by molar-refractivity contribution is 5.80. The van der Waals surface area contributed by atoms with Crippen molar-refractivity contribution in [3.05, 3.63) is 168 Å². The topological polar surface area (TPSA) is 78.5 Å². The predicted molar refractivity (Wildman–Crippen MR) is 187 cm³/mol. The maximum Gasteiger partial charge on any atom is 0.328 e. The van der Waals surface area contributed by atoms with E-state index in [1.54, 1.807) is 0 Å². The van der Waals surface area contributed by atoms with Gasteiger partial charge in [0.25, 0.3) is 0 Å². The molecule has 0 unspecified atom stereocenters. The van der Waals surface area contributed by atoms with Crippen LogP contribution in [0.2, 0.25) is 0 Å². The normalized spacial score (nSPS) is 23.1. The van der Waals surface area contributed by atoms with Crippen LogP contribution in [0.5, 0.6) is 0 Å². The number of ether oxygens (including phenoxy) is 5. The molecule has 1 N–H and O–H groups in total. The molecule has 250 valence electrons. The van der Waals surface area contributed by atoms with Crippen molar-refractivity contribution in [1.82, 2.24) is 5.43 Å². The van der Waals surface area contributed by atoms with Crippen LogP contribution in [-0.2, 0) is 48.3 Å². The lowest BCUT2D eigenvalue weighted by Gasteiger charge is -2.44. The molecule has 5 aromatic rings. The molecule has 0 bridgehead atoms. The molecule has 2 heterocycles. The molecule has 8 nitrogen and oxygen atoms in total. The van der Waals surface area contributed by atoms with Crippen molar-refractivity contribution in [2.24, 2.45) is 0 Å². The summed E-state index contributed by atoms with van der Waals surface area (Å²) in [6.45, 7) is 1.28. The fourth-order valence-electron chi connectivity index (χ4n) is 6.33. The number of rotatable bonds is 14. The van der Waals surface area contributed by atoms with Crippen LogP contribution in [-0.4, -0.2) is 49.1 Å². The fraction of sp³-hybridized carbons (Fsp3) is 0.244. The lowest BCUT2D eigenvalue weighted by molar-refractivity contribution is -0.251. The van der Waals surface area contributed by atoms with Gasteiger partial charge in [-0.2, -0.15) is 0 Å². The Bertz CT molecular complexity index is 1690. The van der Waals surface area contributed by atoms with Crippen LogP contribution in [0.3, 0.4) is 0 Å². The van der Waals surface area contributed by atoms with Gasteiger partial charge in [0.2, 0.25) is 0 Å². The summed E-state index contributed by atoms with van der Waals surface area (Å²) in [7, 11) is 0. The predicted octanol–water partition coefficient (Wildman–Crippen LogP) is 6.78. The number of para-hydroxylation sites is 2. The Hall–Kier alpha value is -4.83. The van der Waals surface area contributed by atoms with Gasteiger partial charge in [0.1, 0.15) is 24.4 Å². The molecule has 2 aliphatic rings. The number of hydrazine groups is 1. The van der Waals surface area contributed by atoms with E-state index in [1.807, 2.05) is 157 Å². The first-order chi connectivity index (χ1) is 24.2. The smallest absolute Gasteiger partial charge is 0.328 e. The summed E-state index contributed by atoms with van der Waals surface area (Å²) >= 11 is 0. The molecule has 0 radical (unpaired) electrons. The third kappa shape index (κ3) is 8.08. The standard InChI is InChI=1S/C41H40N2O6/c44-41-36(42-43(33-22-12-4-13-23-33)34-24-14-5-15-25-34)38-40(49-41)39(47-28-32-20-10-3-11-21-32)37(46-27-31-18-8-2-9-19-31)35(48-38)29-45-26-30-16-6-1-7-17-30/h1-25,35-40,42H,26-29H2/t35-,36+,37-,38+,39+,40-/m1/s1. The molecule has 7 rings (SSSR count). The molecule has 49 heavy (non-hydrogen) atoms. The number of benzene rings is 5. The van der Waals surface area contributed by atoms with E-state index in [4.69, 9.17) is 23.7 Å². The Balaban J connectivity index is 1.19. The second-order valence-corrected chi connectivity index (χ2v) is 12.2. The maximum absolute atomic E-state index is 13.8. The monoisotopic (exact) mass is 656 g/mol. The van der Waals surface area contributed by atoms with Gasteiger partial charge < -0.3 is 23.7 Å². The van der Waals surface area contributed by atoms with Crippen molar-refractivity contribution in [2.75, 3.05) is 11.6 Å². The van der Waals surface area contributed by atoms with Crippen molar-refractivity contribution >= 4 is 17.3 Å². The second-order valence-electron chi connectivity index (χ2n) is 12.2. The number of carbonyl (C=O) groups excluding carboxylic acids is 1. The van der Waals surface area contributed by atoms with Gasteiger partial charge in [-0.15, -0.1) is 0 Å². The first kappa shape index (κ1) is 32.7. The van der Waals surface area contributed by atoms with Gasteiger partial charge in [0.05, 0.1) is 37.8 Å². The summed E-state index contributed by atoms with van der Waals surface area (Å²) in [6, 6.07) is 48.8. The maximum atomic E-state index is 13.8. The Morgan fingerprint density at radius 3 is 1.51 bits per heavy atom. The van der Waals surface area contributed by atoms with Crippen LogP contribution >= 0.6 is 0 Å². The van der Waals surface area contributed by atoms with Crippen molar-refractivity contribution in [2.45, 2.75) is 56.4 Å². The van der Waals surface area contributed by atoms with E-state index < -0.39 is 42.5 Å². The van der Waals surface area contributed by atoms with Gasteiger partial charge in [-0.25, -0.2) is 5.43 Å².